The van der Waals surface area contributed by atoms with Crippen molar-refractivity contribution in [1.29, 1.82) is 0 Å². The van der Waals surface area contributed by atoms with Crippen molar-refractivity contribution in [2.24, 2.45) is 0 Å². The summed E-state index contributed by atoms with van der Waals surface area (Å²) in [7, 11) is 1.22. The molecule has 0 radical (unpaired) electrons. The van der Waals surface area contributed by atoms with Crippen LogP contribution in [0.15, 0.2) is 6.20 Å². The van der Waals surface area contributed by atoms with Gasteiger partial charge in [-0.05, 0) is 5.56 Å². The lowest BCUT2D eigenvalue weighted by molar-refractivity contribution is -0.139. The van der Waals surface area contributed by atoms with E-state index in [2.05, 4.69) is 25.7 Å². The third-order valence-corrected chi connectivity index (χ3v) is 3.02. The molecule has 0 bridgehead atoms. The van der Waals surface area contributed by atoms with Crippen LogP contribution in [-0.4, -0.2) is 18.1 Å². The Morgan fingerprint density at radius 1 is 1.65 bits per heavy atom. The average Bonchev–Trinajstić information content (AvgIpc) is 2.30. The number of ether oxygens (including phenoxy) is 1. The quantitative estimate of drug-likeness (QED) is 0.629. The monoisotopic (exact) mass is 327 g/mol. The molecular formula is C10H9BrClF2NO2. The van der Waals surface area contributed by atoms with Gasteiger partial charge in [-0.15, -0.1) is 0 Å². The molecule has 0 N–H and O–H groups in total. The molecule has 94 valence electrons. The first-order valence-corrected chi connectivity index (χ1v) is 6.08. The Hall–Kier alpha value is -0.750. The van der Waals surface area contributed by atoms with Crippen LogP contribution < -0.4 is 0 Å². The molecule has 0 aliphatic rings. The smallest absolute Gasteiger partial charge is 0.311 e. The van der Waals surface area contributed by atoms with Crippen LogP contribution in [0.1, 0.15) is 23.2 Å². The number of rotatable bonds is 4. The Morgan fingerprint density at radius 3 is 2.76 bits per heavy atom. The number of methoxy groups -OCH3 is 1. The zero-order valence-corrected chi connectivity index (χ0v) is 11.2. The van der Waals surface area contributed by atoms with Crippen LogP contribution in [0.5, 0.6) is 0 Å². The molecule has 1 heterocycles. The first kappa shape index (κ1) is 14.3. The van der Waals surface area contributed by atoms with E-state index in [1.165, 1.54) is 7.11 Å². The maximum atomic E-state index is 12.8. The molecule has 0 aliphatic carbocycles. The molecule has 3 nitrogen and oxygen atoms in total. The van der Waals surface area contributed by atoms with Gasteiger partial charge < -0.3 is 4.74 Å². The van der Waals surface area contributed by atoms with Crippen molar-refractivity contribution in [1.82, 2.24) is 4.98 Å². The molecule has 0 saturated heterocycles. The van der Waals surface area contributed by atoms with Gasteiger partial charge in [0.2, 0.25) is 0 Å². The average molecular weight is 329 g/mol. The summed E-state index contributed by atoms with van der Waals surface area (Å²) in [5.74, 6) is -0.540. The van der Waals surface area contributed by atoms with E-state index < -0.39 is 12.4 Å². The molecule has 0 saturated carbocycles. The normalized spacial score (nSPS) is 10.7. The number of carbonyl (C=O) groups is 1. The summed E-state index contributed by atoms with van der Waals surface area (Å²) in [6.45, 7) is 0. The van der Waals surface area contributed by atoms with Crippen molar-refractivity contribution in [2.45, 2.75) is 18.2 Å². The zero-order chi connectivity index (χ0) is 13.0. The van der Waals surface area contributed by atoms with Crippen LogP contribution in [0.2, 0.25) is 5.02 Å². The predicted octanol–water partition coefficient (Wildman–Crippen LogP) is 3.28. The molecule has 0 aromatic carbocycles. The minimum atomic E-state index is -2.71. The SMILES string of the molecule is COC(=O)Cc1ncc(Cl)c(C(F)F)c1CBr. The molecule has 0 unspecified atom stereocenters. The number of aromatic nitrogens is 1. The standard InChI is InChI=1S/C10H9BrClF2NO2/c1-17-8(16)2-7-5(3-11)9(10(13)14)6(12)4-15-7/h4,10H,2-3H2,1H3. The molecule has 1 rings (SSSR count). The number of alkyl halides is 3. The molecule has 7 heteroatoms. The van der Waals surface area contributed by atoms with Crippen LogP contribution in [0.3, 0.4) is 0 Å². The van der Waals surface area contributed by atoms with Crippen molar-refractivity contribution in [3.8, 4) is 0 Å². The Bertz CT molecular complexity index is 429. The highest BCUT2D eigenvalue weighted by atomic mass is 79.9. The van der Waals surface area contributed by atoms with E-state index in [1.807, 2.05) is 0 Å². The van der Waals surface area contributed by atoms with Gasteiger partial charge in [0.1, 0.15) is 0 Å². The number of halogens is 4. The molecule has 0 aliphatic heterocycles. The summed E-state index contributed by atoms with van der Waals surface area (Å²) < 4.78 is 30.1. The maximum Gasteiger partial charge on any atom is 0.311 e. The van der Waals surface area contributed by atoms with E-state index in [4.69, 9.17) is 11.6 Å². The van der Waals surface area contributed by atoms with E-state index in [0.29, 0.717) is 0 Å². The Balaban J connectivity index is 3.23. The summed E-state index contributed by atoms with van der Waals surface area (Å²) >= 11 is 8.76. The highest BCUT2D eigenvalue weighted by Crippen LogP contribution is 2.32. The van der Waals surface area contributed by atoms with Crippen molar-refractivity contribution >= 4 is 33.5 Å². The molecule has 17 heavy (non-hydrogen) atoms. The van der Waals surface area contributed by atoms with Gasteiger partial charge in [0, 0.05) is 17.1 Å². The van der Waals surface area contributed by atoms with Gasteiger partial charge in [0.25, 0.3) is 6.43 Å². The minimum Gasteiger partial charge on any atom is -0.469 e. The van der Waals surface area contributed by atoms with Gasteiger partial charge in [-0.1, -0.05) is 27.5 Å². The fraction of sp³-hybridized carbons (Fsp3) is 0.400. The lowest BCUT2D eigenvalue weighted by atomic mass is 10.1. The highest BCUT2D eigenvalue weighted by molar-refractivity contribution is 9.08. The van der Waals surface area contributed by atoms with Crippen molar-refractivity contribution in [3.05, 3.63) is 28.0 Å². The molecule has 0 amide bonds. The van der Waals surface area contributed by atoms with Gasteiger partial charge >= 0.3 is 5.97 Å². The molecule has 0 atom stereocenters. The number of carbonyl (C=O) groups excluding carboxylic acids is 1. The Labute approximate surface area is 110 Å². The number of hydrogen-bond acceptors (Lipinski definition) is 3. The van der Waals surface area contributed by atoms with Gasteiger partial charge in [0.15, 0.2) is 0 Å². The van der Waals surface area contributed by atoms with Gasteiger partial charge in [-0.25, -0.2) is 8.78 Å². The van der Waals surface area contributed by atoms with E-state index in [1.54, 1.807) is 0 Å². The first-order chi connectivity index (χ1) is 8.01. The summed E-state index contributed by atoms with van der Waals surface area (Å²) in [5.41, 5.74) is 0.184. The zero-order valence-electron chi connectivity index (χ0n) is 8.84. The van der Waals surface area contributed by atoms with Crippen molar-refractivity contribution in [3.63, 3.8) is 0 Å². The third-order valence-electron chi connectivity index (χ3n) is 2.16. The van der Waals surface area contributed by atoms with Gasteiger partial charge in [-0.3, -0.25) is 9.78 Å². The predicted molar refractivity (Wildman–Crippen MR) is 62.6 cm³/mol. The summed E-state index contributed by atoms with van der Waals surface area (Å²) in [6, 6.07) is 0. The van der Waals surface area contributed by atoms with Gasteiger partial charge in [-0.2, -0.15) is 0 Å². The van der Waals surface area contributed by atoms with Crippen LogP contribution in [-0.2, 0) is 21.3 Å². The summed E-state index contributed by atoms with van der Waals surface area (Å²) in [6.07, 6.45) is -1.75. The van der Waals surface area contributed by atoms with Crippen molar-refractivity contribution < 1.29 is 18.3 Å². The largest absolute Gasteiger partial charge is 0.469 e. The lowest BCUT2D eigenvalue weighted by Crippen LogP contribution is -2.10. The van der Waals surface area contributed by atoms with E-state index in [-0.39, 0.29) is 33.6 Å². The molecule has 1 aromatic heterocycles. The second kappa shape index (κ2) is 6.26. The number of nitrogens with zero attached hydrogens (tertiary/aromatic N) is 1. The number of hydrogen-bond donors (Lipinski definition) is 0. The summed E-state index contributed by atoms with van der Waals surface area (Å²) in [4.78, 5) is 15.0. The number of pyridine rings is 1. The highest BCUT2D eigenvalue weighted by Gasteiger charge is 2.21. The fourth-order valence-electron chi connectivity index (χ4n) is 1.33. The van der Waals surface area contributed by atoms with E-state index in [0.717, 1.165) is 6.20 Å². The molecule has 0 spiro atoms. The fourth-order valence-corrected chi connectivity index (χ4v) is 2.20. The minimum absolute atomic E-state index is 0.108. The second-order valence-electron chi connectivity index (χ2n) is 3.13. The van der Waals surface area contributed by atoms with Crippen LogP contribution in [0.25, 0.3) is 0 Å². The topological polar surface area (TPSA) is 39.2 Å². The van der Waals surface area contributed by atoms with Crippen LogP contribution in [0, 0.1) is 0 Å². The number of esters is 1. The lowest BCUT2D eigenvalue weighted by Gasteiger charge is -2.12. The van der Waals surface area contributed by atoms with Gasteiger partial charge in [0.05, 0.1) is 24.2 Å². The molecule has 1 aromatic rings. The Morgan fingerprint density at radius 2 is 2.29 bits per heavy atom. The molecular weight excluding hydrogens is 319 g/mol. The third kappa shape index (κ3) is 3.35. The first-order valence-electron chi connectivity index (χ1n) is 4.58. The Kier molecular flexibility index (Phi) is 5.27. The van der Waals surface area contributed by atoms with E-state index in [9.17, 15) is 13.6 Å². The summed E-state index contributed by atoms with van der Waals surface area (Å²) in [5, 5.41) is 0.0371. The van der Waals surface area contributed by atoms with Crippen LogP contribution in [0.4, 0.5) is 8.78 Å². The van der Waals surface area contributed by atoms with Crippen LogP contribution >= 0.6 is 27.5 Å². The van der Waals surface area contributed by atoms with E-state index >= 15 is 0 Å². The molecule has 0 fully saturated rings. The van der Waals surface area contributed by atoms with Crippen molar-refractivity contribution in [2.75, 3.05) is 7.11 Å². The maximum absolute atomic E-state index is 12.8. The second-order valence-corrected chi connectivity index (χ2v) is 4.10.